The molecule has 0 unspecified atom stereocenters. The molecule has 0 bridgehead atoms. The minimum atomic E-state index is 0.395. The molecule has 108 valence electrons. The topological polar surface area (TPSA) is 12.0 Å². The van der Waals surface area contributed by atoms with Crippen LogP contribution in [-0.2, 0) is 6.42 Å². The maximum absolute atomic E-state index is 3.63. The number of rotatable bonds is 7. The lowest BCUT2D eigenvalue weighted by Crippen LogP contribution is -2.38. The zero-order valence-electron chi connectivity index (χ0n) is 13.6. The van der Waals surface area contributed by atoms with Gasteiger partial charge in [0.2, 0.25) is 0 Å². The molecule has 1 N–H and O–H groups in total. The quantitative estimate of drug-likeness (QED) is 0.753. The molecule has 1 aromatic carbocycles. The number of hydrogen-bond donors (Lipinski definition) is 1. The van der Waals surface area contributed by atoms with E-state index in [2.05, 4.69) is 65.1 Å². The fourth-order valence-corrected chi connectivity index (χ4v) is 2.58. The maximum atomic E-state index is 3.63. The van der Waals surface area contributed by atoms with Gasteiger partial charge in [0.15, 0.2) is 0 Å². The van der Waals surface area contributed by atoms with E-state index in [0.29, 0.717) is 11.5 Å². The predicted molar refractivity (Wildman–Crippen MR) is 85.8 cm³/mol. The monoisotopic (exact) mass is 261 g/mol. The molecule has 0 heterocycles. The molecule has 0 spiro atoms. The van der Waals surface area contributed by atoms with E-state index >= 15 is 0 Å². The van der Waals surface area contributed by atoms with E-state index in [1.165, 1.54) is 36.0 Å². The lowest BCUT2D eigenvalue weighted by atomic mass is 9.76. The third-order valence-corrected chi connectivity index (χ3v) is 4.54. The van der Waals surface area contributed by atoms with E-state index in [4.69, 9.17) is 0 Å². The van der Waals surface area contributed by atoms with Crippen molar-refractivity contribution in [3.8, 4) is 0 Å². The molecule has 1 nitrogen and oxygen atoms in total. The van der Waals surface area contributed by atoms with Gasteiger partial charge in [-0.2, -0.15) is 0 Å². The van der Waals surface area contributed by atoms with E-state index in [0.717, 1.165) is 6.54 Å². The van der Waals surface area contributed by atoms with Gasteiger partial charge in [0.1, 0.15) is 0 Å². The van der Waals surface area contributed by atoms with E-state index in [9.17, 15) is 0 Å². The fourth-order valence-electron chi connectivity index (χ4n) is 2.58. The second-order valence-corrected chi connectivity index (χ2v) is 6.34. The van der Waals surface area contributed by atoms with Gasteiger partial charge in [-0.15, -0.1) is 0 Å². The van der Waals surface area contributed by atoms with E-state index in [1.807, 2.05) is 0 Å². The number of aryl methyl sites for hydroxylation is 2. The molecule has 1 heteroatoms. The molecule has 0 saturated carbocycles. The lowest BCUT2D eigenvalue weighted by Gasteiger charge is -2.33. The molecule has 1 aromatic rings. The van der Waals surface area contributed by atoms with Crippen LogP contribution in [0.2, 0.25) is 0 Å². The second-order valence-electron chi connectivity index (χ2n) is 6.34. The van der Waals surface area contributed by atoms with Crippen molar-refractivity contribution >= 4 is 0 Å². The first-order chi connectivity index (χ1) is 8.92. The van der Waals surface area contributed by atoms with Crippen LogP contribution in [0.3, 0.4) is 0 Å². The van der Waals surface area contributed by atoms with E-state index in [1.54, 1.807) is 0 Å². The molecule has 0 amide bonds. The molecular weight excluding hydrogens is 230 g/mol. The van der Waals surface area contributed by atoms with Crippen molar-refractivity contribution < 1.29 is 0 Å². The van der Waals surface area contributed by atoms with Gasteiger partial charge in [0.05, 0.1) is 0 Å². The Kier molecular flexibility index (Phi) is 6.06. The highest BCUT2D eigenvalue weighted by Gasteiger charge is 2.26. The molecule has 0 aliphatic rings. The lowest BCUT2D eigenvalue weighted by molar-refractivity contribution is 0.239. The van der Waals surface area contributed by atoms with Crippen molar-refractivity contribution in [2.45, 2.75) is 66.8 Å². The molecule has 19 heavy (non-hydrogen) atoms. The summed E-state index contributed by atoms with van der Waals surface area (Å²) in [5.74, 6) is 0. The van der Waals surface area contributed by atoms with Gasteiger partial charge in [0.25, 0.3) is 0 Å². The summed E-state index contributed by atoms with van der Waals surface area (Å²) in [5, 5.41) is 3.63. The van der Waals surface area contributed by atoms with Gasteiger partial charge < -0.3 is 5.32 Å². The van der Waals surface area contributed by atoms with Crippen molar-refractivity contribution in [2.75, 3.05) is 6.54 Å². The molecule has 0 saturated heterocycles. The average molecular weight is 261 g/mol. The Morgan fingerprint density at radius 1 is 1.05 bits per heavy atom. The summed E-state index contributed by atoms with van der Waals surface area (Å²) in [5.41, 5.74) is 4.68. The van der Waals surface area contributed by atoms with Crippen molar-refractivity contribution in [1.82, 2.24) is 5.32 Å². The summed E-state index contributed by atoms with van der Waals surface area (Å²) >= 11 is 0. The first-order valence-electron chi connectivity index (χ1n) is 7.72. The zero-order valence-corrected chi connectivity index (χ0v) is 13.6. The SMILES string of the molecule is CCC(CC)(CNC(C)C)Cc1ccc(C)c(C)c1. The van der Waals surface area contributed by atoms with Crippen LogP contribution < -0.4 is 5.32 Å². The predicted octanol–water partition coefficient (Wildman–Crippen LogP) is 4.65. The third kappa shape index (κ3) is 4.65. The number of nitrogens with one attached hydrogen (secondary N) is 1. The first kappa shape index (κ1) is 16.2. The highest BCUT2D eigenvalue weighted by atomic mass is 14.9. The van der Waals surface area contributed by atoms with Gasteiger partial charge in [-0.25, -0.2) is 0 Å². The summed E-state index contributed by atoms with van der Waals surface area (Å²) in [6, 6.07) is 7.50. The van der Waals surface area contributed by atoms with Gasteiger partial charge in [-0.1, -0.05) is 45.9 Å². The Bertz CT molecular complexity index is 389. The molecule has 0 radical (unpaired) electrons. The van der Waals surface area contributed by atoms with Crippen LogP contribution in [0.4, 0.5) is 0 Å². The van der Waals surface area contributed by atoms with Gasteiger partial charge in [-0.05, 0) is 55.2 Å². The van der Waals surface area contributed by atoms with E-state index in [-0.39, 0.29) is 0 Å². The van der Waals surface area contributed by atoms with Crippen LogP contribution in [-0.4, -0.2) is 12.6 Å². The molecule has 0 atom stereocenters. The Morgan fingerprint density at radius 3 is 2.16 bits per heavy atom. The third-order valence-electron chi connectivity index (χ3n) is 4.54. The number of benzene rings is 1. The van der Waals surface area contributed by atoms with Crippen LogP contribution in [0.15, 0.2) is 18.2 Å². The van der Waals surface area contributed by atoms with Crippen molar-refractivity contribution in [1.29, 1.82) is 0 Å². The molecule has 0 aromatic heterocycles. The smallest absolute Gasteiger partial charge is 0.00132 e. The van der Waals surface area contributed by atoms with Crippen molar-refractivity contribution in [3.63, 3.8) is 0 Å². The Hall–Kier alpha value is -0.820. The van der Waals surface area contributed by atoms with Gasteiger partial charge in [0, 0.05) is 12.6 Å². The maximum Gasteiger partial charge on any atom is 0.00132 e. The van der Waals surface area contributed by atoms with Crippen molar-refractivity contribution in [2.24, 2.45) is 5.41 Å². The first-order valence-corrected chi connectivity index (χ1v) is 7.72. The van der Waals surface area contributed by atoms with Gasteiger partial charge in [-0.3, -0.25) is 0 Å². The standard InChI is InChI=1S/C18H31N/c1-7-18(8-2,13-19-14(3)4)12-17-10-9-15(5)16(6)11-17/h9-11,14,19H,7-8,12-13H2,1-6H3. The van der Waals surface area contributed by atoms with Crippen LogP contribution >= 0.6 is 0 Å². The summed E-state index contributed by atoms with van der Waals surface area (Å²) in [6.07, 6.45) is 3.65. The van der Waals surface area contributed by atoms with Gasteiger partial charge >= 0.3 is 0 Å². The molecular formula is C18H31N. The highest BCUT2D eigenvalue weighted by Crippen LogP contribution is 2.31. The van der Waals surface area contributed by atoms with Crippen LogP contribution in [0.25, 0.3) is 0 Å². The average Bonchev–Trinajstić information content (AvgIpc) is 2.39. The van der Waals surface area contributed by atoms with Crippen LogP contribution in [0.5, 0.6) is 0 Å². The minimum Gasteiger partial charge on any atom is -0.314 e. The molecule has 0 aliphatic heterocycles. The summed E-state index contributed by atoms with van der Waals surface area (Å²) in [7, 11) is 0. The Balaban J connectivity index is 2.84. The normalized spacial score (nSPS) is 12.2. The highest BCUT2D eigenvalue weighted by molar-refractivity contribution is 5.30. The summed E-state index contributed by atoms with van der Waals surface area (Å²) in [4.78, 5) is 0. The Labute approximate surface area is 119 Å². The van der Waals surface area contributed by atoms with Crippen LogP contribution in [0, 0.1) is 19.3 Å². The zero-order chi connectivity index (χ0) is 14.5. The van der Waals surface area contributed by atoms with Crippen molar-refractivity contribution in [3.05, 3.63) is 34.9 Å². The second kappa shape index (κ2) is 7.09. The fraction of sp³-hybridized carbons (Fsp3) is 0.667. The molecule has 0 aliphatic carbocycles. The summed E-state index contributed by atoms with van der Waals surface area (Å²) < 4.78 is 0. The molecule has 0 fully saturated rings. The summed E-state index contributed by atoms with van der Waals surface area (Å²) in [6.45, 7) is 14.6. The largest absolute Gasteiger partial charge is 0.314 e. The van der Waals surface area contributed by atoms with Crippen LogP contribution in [0.1, 0.15) is 57.2 Å². The minimum absolute atomic E-state index is 0.395. The van der Waals surface area contributed by atoms with E-state index < -0.39 is 0 Å². The molecule has 1 rings (SSSR count). The Morgan fingerprint density at radius 2 is 1.68 bits per heavy atom. The number of hydrogen-bond acceptors (Lipinski definition) is 1.